The summed E-state index contributed by atoms with van der Waals surface area (Å²) in [4.78, 5) is 34.9. The lowest BCUT2D eigenvalue weighted by Crippen LogP contribution is -2.45. The molecule has 150 valence electrons. The predicted molar refractivity (Wildman–Crippen MR) is 103 cm³/mol. The quantitative estimate of drug-likeness (QED) is 0.321. The van der Waals surface area contributed by atoms with Gasteiger partial charge in [-0.3, -0.25) is 10.1 Å². The van der Waals surface area contributed by atoms with Gasteiger partial charge in [0, 0.05) is 17.8 Å². The smallest absolute Gasteiger partial charge is 0.338 e. The molecule has 0 bridgehead atoms. The maximum Gasteiger partial charge on any atom is 0.338 e. The fourth-order valence-corrected chi connectivity index (χ4v) is 2.89. The van der Waals surface area contributed by atoms with Crippen LogP contribution in [0.2, 0.25) is 0 Å². The van der Waals surface area contributed by atoms with Gasteiger partial charge in [-0.1, -0.05) is 18.2 Å². The topological polar surface area (TPSA) is 120 Å². The second-order valence-corrected chi connectivity index (χ2v) is 6.22. The van der Waals surface area contributed by atoms with Gasteiger partial charge in [-0.05, 0) is 36.8 Å². The number of amides is 2. The molecule has 2 N–H and O–H groups in total. The van der Waals surface area contributed by atoms with Gasteiger partial charge in [-0.25, -0.2) is 9.59 Å². The first-order valence-corrected chi connectivity index (χ1v) is 8.83. The molecule has 0 saturated heterocycles. The first-order valence-electron chi connectivity index (χ1n) is 8.83. The Morgan fingerprint density at radius 2 is 1.79 bits per heavy atom. The number of nitrogens with one attached hydrogen (secondary N) is 2. The molecule has 0 fully saturated rings. The number of nitro groups is 1. The number of nitro benzene ring substituents is 1. The number of para-hydroxylation sites is 1. The van der Waals surface area contributed by atoms with Crippen LogP contribution in [0.4, 0.5) is 10.5 Å². The van der Waals surface area contributed by atoms with Crippen molar-refractivity contribution in [3.63, 3.8) is 0 Å². The Morgan fingerprint density at radius 1 is 1.10 bits per heavy atom. The Balaban J connectivity index is 1.69. The molecule has 0 aliphatic carbocycles. The zero-order valence-electron chi connectivity index (χ0n) is 15.6. The fraction of sp³-hybridized carbons (Fsp3) is 0.200. The lowest BCUT2D eigenvalue weighted by atomic mass is 9.95. The minimum atomic E-state index is -0.785. The van der Waals surface area contributed by atoms with Crippen molar-refractivity contribution in [3.05, 3.63) is 81.5 Å². The standard InChI is InChI=1S/C20H19N3O6/c1-13-17(19(24)29-12-11-28-16-5-3-2-4-6-16)18(22-20(25)21-13)14-7-9-15(10-8-14)23(26)27/h2-10,18H,11-12H2,1H3,(H2,21,22,25)/t18-/m0/s1. The lowest BCUT2D eigenvalue weighted by molar-refractivity contribution is -0.384. The number of esters is 1. The van der Waals surface area contributed by atoms with Crippen LogP contribution in [0.3, 0.4) is 0 Å². The van der Waals surface area contributed by atoms with E-state index in [9.17, 15) is 19.7 Å². The summed E-state index contributed by atoms with van der Waals surface area (Å²) in [5, 5.41) is 16.0. The van der Waals surface area contributed by atoms with Gasteiger partial charge in [0.1, 0.15) is 19.0 Å². The van der Waals surface area contributed by atoms with Crippen LogP contribution in [-0.4, -0.2) is 30.1 Å². The van der Waals surface area contributed by atoms with Crippen LogP contribution in [0, 0.1) is 10.1 Å². The fourth-order valence-electron chi connectivity index (χ4n) is 2.89. The number of benzene rings is 2. The highest BCUT2D eigenvalue weighted by molar-refractivity contribution is 5.95. The number of hydrogen-bond donors (Lipinski definition) is 2. The Bertz CT molecular complexity index is 940. The average molecular weight is 397 g/mol. The normalized spacial score (nSPS) is 15.9. The van der Waals surface area contributed by atoms with E-state index in [1.807, 2.05) is 18.2 Å². The van der Waals surface area contributed by atoms with Crippen LogP contribution in [0.25, 0.3) is 0 Å². The maximum absolute atomic E-state index is 12.7. The van der Waals surface area contributed by atoms with E-state index in [1.54, 1.807) is 19.1 Å². The first kappa shape index (κ1) is 19.9. The number of nitrogens with zero attached hydrogens (tertiary/aromatic N) is 1. The molecule has 2 aromatic rings. The van der Waals surface area contributed by atoms with Gasteiger partial charge in [0.15, 0.2) is 0 Å². The van der Waals surface area contributed by atoms with Crippen molar-refractivity contribution in [2.45, 2.75) is 13.0 Å². The lowest BCUT2D eigenvalue weighted by Gasteiger charge is -2.28. The molecule has 1 atom stereocenters. The van der Waals surface area contributed by atoms with Gasteiger partial charge >= 0.3 is 12.0 Å². The molecule has 9 nitrogen and oxygen atoms in total. The summed E-state index contributed by atoms with van der Waals surface area (Å²) < 4.78 is 10.8. The monoisotopic (exact) mass is 397 g/mol. The third kappa shape index (κ3) is 4.89. The van der Waals surface area contributed by atoms with Crippen molar-refractivity contribution in [2.75, 3.05) is 13.2 Å². The van der Waals surface area contributed by atoms with Crippen LogP contribution >= 0.6 is 0 Å². The Kier molecular flexibility index (Phi) is 6.08. The summed E-state index contributed by atoms with van der Waals surface area (Å²) in [5.74, 6) is 0.0457. The molecular weight excluding hydrogens is 378 g/mol. The molecule has 0 saturated carbocycles. The molecule has 0 spiro atoms. The molecule has 29 heavy (non-hydrogen) atoms. The molecule has 3 rings (SSSR count). The molecule has 1 heterocycles. The van der Waals surface area contributed by atoms with E-state index in [2.05, 4.69) is 10.6 Å². The number of non-ortho nitro benzene ring substituents is 1. The molecule has 2 aromatic carbocycles. The summed E-state index contributed by atoms with van der Waals surface area (Å²) in [7, 11) is 0. The first-order chi connectivity index (χ1) is 14.0. The van der Waals surface area contributed by atoms with Crippen LogP contribution in [0.15, 0.2) is 65.9 Å². The van der Waals surface area contributed by atoms with E-state index in [1.165, 1.54) is 24.3 Å². The van der Waals surface area contributed by atoms with Crippen molar-refractivity contribution >= 4 is 17.7 Å². The molecule has 9 heteroatoms. The van der Waals surface area contributed by atoms with Gasteiger partial charge in [0.05, 0.1) is 16.5 Å². The molecule has 2 amide bonds. The zero-order chi connectivity index (χ0) is 20.8. The maximum atomic E-state index is 12.7. The van der Waals surface area contributed by atoms with Gasteiger partial charge in [0.2, 0.25) is 0 Å². The minimum absolute atomic E-state index is 0.0193. The number of allylic oxidation sites excluding steroid dienone is 1. The van der Waals surface area contributed by atoms with Gasteiger partial charge in [0.25, 0.3) is 5.69 Å². The Morgan fingerprint density at radius 3 is 2.45 bits per heavy atom. The van der Waals surface area contributed by atoms with E-state index < -0.39 is 23.0 Å². The summed E-state index contributed by atoms with van der Waals surface area (Å²) in [5.41, 5.74) is 1.01. The number of ether oxygens (including phenoxy) is 2. The number of carbonyl (C=O) groups excluding carboxylic acids is 2. The Hall–Kier alpha value is -3.88. The molecule has 1 aliphatic rings. The molecule has 1 aliphatic heterocycles. The highest BCUT2D eigenvalue weighted by atomic mass is 16.6. The third-order valence-corrected chi connectivity index (χ3v) is 4.25. The van der Waals surface area contributed by atoms with Gasteiger partial charge in [-0.2, -0.15) is 0 Å². The van der Waals surface area contributed by atoms with E-state index in [0.717, 1.165) is 0 Å². The van der Waals surface area contributed by atoms with E-state index >= 15 is 0 Å². The second kappa shape index (κ2) is 8.87. The van der Waals surface area contributed by atoms with Crippen LogP contribution < -0.4 is 15.4 Å². The van der Waals surface area contributed by atoms with Crippen LogP contribution in [0.1, 0.15) is 18.5 Å². The van der Waals surface area contributed by atoms with E-state index in [4.69, 9.17) is 9.47 Å². The predicted octanol–water partition coefficient (Wildman–Crippen LogP) is 2.84. The SMILES string of the molecule is CC1=C(C(=O)OCCOc2ccccc2)[C@H](c2ccc([N+](=O)[O-])cc2)NC(=O)N1. The van der Waals surface area contributed by atoms with Crippen molar-refractivity contribution in [2.24, 2.45) is 0 Å². The summed E-state index contributed by atoms with van der Waals surface area (Å²) in [6.45, 7) is 1.78. The molecule has 0 radical (unpaired) electrons. The Labute approximate surface area is 166 Å². The number of rotatable bonds is 7. The van der Waals surface area contributed by atoms with Gasteiger partial charge < -0.3 is 20.1 Å². The summed E-state index contributed by atoms with van der Waals surface area (Å²) >= 11 is 0. The van der Waals surface area contributed by atoms with Crippen molar-refractivity contribution in [1.29, 1.82) is 0 Å². The van der Waals surface area contributed by atoms with E-state index in [0.29, 0.717) is 17.0 Å². The second-order valence-electron chi connectivity index (χ2n) is 6.22. The van der Waals surface area contributed by atoms with Crippen molar-refractivity contribution < 1.29 is 24.0 Å². The molecular formula is C20H19N3O6. The van der Waals surface area contributed by atoms with Crippen LogP contribution in [-0.2, 0) is 9.53 Å². The average Bonchev–Trinajstić information content (AvgIpc) is 2.71. The molecule has 0 unspecified atom stereocenters. The van der Waals surface area contributed by atoms with Crippen molar-refractivity contribution in [3.8, 4) is 5.75 Å². The number of urea groups is 1. The zero-order valence-corrected chi connectivity index (χ0v) is 15.6. The number of carbonyl (C=O) groups is 2. The summed E-state index contributed by atoms with van der Waals surface area (Å²) in [6.07, 6.45) is 0. The molecule has 0 aromatic heterocycles. The van der Waals surface area contributed by atoms with Crippen molar-refractivity contribution in [1.82, 2.24) is 10.6 Å². The number of hydrogen-bond acceptors (Lipinski definition) is 6. The minimum Gasteiger partial charge on any atom is -0.490 e. The van der Waals surface area contributed by atoms with Gasteiger partial charge in [-0.15, -0.1) is 0 Å². The van der Waals surface area contributed by atoms with E-state index in [-0.39, 0.29) is 24.5 Å². The third-order valence-electron chi connectivity index (χ3n) is 4.25. The summed E-state index contributed by atoms with van der Waals surface area (Å²) in [6, 6.07) is 13.5. The largest absolute Gasteiger partial charge is 0.490 e. The highest BCUT2D eigenvalue weighted by Crippen LogP contribution is 2.28. The van der Waals surface area contributed by atoms with Crippen LogP contribution in [0.5, 0.6) is 5.75 Å². The highest BCUT2D eigenvalue weighted by Gasteiger charge is 2.32.